The molecule has 0 aliphatic rings. The van der Waals surface area contributed by atoms with Crippen molar-refractivity contribution in [2.45, 2.75) is 12.8 Å². The van der Waals surface area contributed by atoms with Crippen molar-refractivity contribution < 1.29 is 9.53 Å². The molecule has 0 N–H and O–H groups in total. The van der Waals surface area contributed by atoms with Crippen LogP contribution in [0.4, 0.5) is 0 Å². The molecule has 0 aromatic heterocycles. The molecule has 0 spiro atoms. The average Bonchev–Trinajstić information content (AvgIpc) is 1.85. The Hall–Kier alpha value is -0.970. The smallest absolute Gasteiger partial charge is 0.317 e. The van der Waals surface area contributed by atoms with E-state index in [2.05, 4.69) is 17.6 Å². The molecular formula is C7H9O2. The molecule has 0 unspecified atom stereocenters. The van der Waals surface area contributed by atoms with Crippen molar-refractivity contribution >= 4 is 5.97 Å². The number of carbonyl (C=O) groups excluding carboxylic acids is 1. The molecule has 0 rings (SSSR count). The van der Waals surface area contributed by atoms with Crippen LogP contribution < -0.4 is 0 Å². The van der Waals surface area contributed by atoms with E-state index in [0.717, 1.165) is 0 Å². The summed E-state index contributed by atoms with van der Waals surface area (Å²) in [5.74, 6) is 1.84. The maximum atomic E-state index is 10.4. The van der Waals surface area contributed by atoms with Gasteiger partial charge in [-0.2, -0.15) is 0 Å². The van der Waals surface area contributed by atoms with Gasteiger partial charge < -0.3 is 4.74 Å². The van der Waals surface area contributed by atoms with Crippen LogP contribution in [0.1, 0.15) is 12.8 Å². The van der Waals surface area contributed by atoms with Crippen LogP contribution >= 0.6 is 0 Å². The van der Waals surface area contributed by atoms with Gasteiger partial charge in [-0.25, -0.2) is 0 Å². The zero-order chi connectivity index (χ0) is 7.11. The van der Waals surface area contributed by atoms with E-state index >= 15 is 0 Å². The van der Waals surface area contributed by atoms with Crippen molar-refractivity contribution in [1.82, 2.24) is 0 Å². The van der Waals surface area contributed by atoms with Gasteiger partial charge in [0, 0.05) is 0 Å². The lowest BCUT2D eigenvalue weighted by Gasteiger charge is -1.96. The first kappa shape index (κ1) is 8.03. The fraction of sp³-hybridized carbons (Fsp3) is 0.429. The number of esters is 1. The van der Waals surface area contributed by atoms with Gasteiger partial charge in [0.25, 0.3) is 0 Å². The Bertz CT molecular complexity index is 121. The lowest BCUT2D eigenvalue weighted by Crippen LogP contribution is -2.03. The van der Waals surface area contributed by atoms with Gasteiger partial charge in [0.15, 0.2) is 0 Å². The molecule has 0 aromatic carbocycles. The van der Waals surface area contributed by atoms with Crippen LogP contribution in [0.3, 0.4) is 0 Å². The van der Waals surface area contributed by atoms with Gasteiger partial charge in [-0.15, -0.1) is 6.42 Å². The van der Waals surface area contributed by atoms with E-state index in [1.54, 1.807) is 0 Å². The first-order valence-corrected chi connectivity index (χ1v) is 2.69. The summed E-state index contributed by atoms with van der Waals surface area (Å²) in [7, 11) is 0. The van der Waals surface area contributed by atoms with Crippen LogP contribution in [-0.2, 0) is 9.53 Å². The van der Waals surface area contributed by atoms with Gasteiger partial charge >= 0.3 is 5.97 Å². The fourth-order valence-electron chi connectivity index (χ4n) is 0.320. The minimum absolute atomic E-state index is 0.0556. The second-order valence-electron chi connectivity index (χ2n) is 1.45. The Balaban J connectivity index is 3.19. The van der Waals surface area contributed by atoms with Crippen LogP contribution in [0.2, 0.25) is 0 Å². The quantitative estimate of drug-likeness (QED) is 0.411. The molecule has 0 saturated carbocycles. The third kappa shape index (κ3) is 4.89. The second kappa shape index (κ2) is 5.17. The zero-order valence-electron chi connectivity index (χ0n) is 5.22. The minimum Gasteiger partial charge on any atom is -0.465 e. The first-order chi connectivity index (χ1) is 4.31. The van der Waals surface area contributed by atoms with E-state index in [1.807, 2.05) is 0 Å². The second-order valence-corrected chi connectivity index (χ2v) is 1.45. The third-order valence-electron chi connectivity index (χ3n) is 0.654. The lowest BCUT2D eigenvalue weighted by molar-refractivity contribution is -0.142. The number of ether oxygens (including phenoxy) is 1. The molecule has 0 atom stereocenters. The molecule has 0 aliphatic heterocycles. The molecule has 0 aliphatic carbocycles. The highest BCUT2D eigenvalue weighted by Gasteiger charge is 1.95. The van der Waals surface area contributed by atoms with Crippen molar-refractivity contribution in [3.8, 4) is 12.3 Å². The van der Waals surface area contributed by atoms with Crippen molar-refractivity contribution in [2.75, 3.05) is 6.61 Å². The van der Waals surface area contributed by atoms with Crippen LogP contribution in [-0.4, -0.2) is 12.6 Å². The summed E-state index contributed by atoms with van der Waals surface area (Å²) in [6.45, 7) is 3.85. The summed E-state index contributed by atoms with van der Waals surface area (Å²) >= 11 is 0. The Morgan fingerprint density at radius 2 is 2.44 bits per heavy atom. The minimum atomic E-state index is -0.346. The summed E-state index contributed by atoms with van der Waals surface area (Å²) in [6, 6.07) is 0. The Kier molecular flexibility index (Phi) is 4.61. The highest BCUT2D eigenvalue weighted by Crippen LogP contribution is 1.85. The predicted molar refractivity (Wildman–Crippen MR) is 34.4 cm³/mol. The molecule has 0 heterocycles. The maximum Gasteiger partial charge on any atom is 0.317 e. The summed E-state index contributed by atoms with van der Waals surface area (Å²) in [5.41, 5.74) is 0. The monoisotopic (exact) mass is 125 g/mol. The van der Waals surface area contributed by atoms with E-state index in [4.69, 9.17) is 6.42 Å². The van der Waals surface area contributed by atoms with Gasteiger partial charge in [0.2, 0.25) is 0 Å². The molecular weight excluding hydrogens is 116 g/mol. The molecule has 2 nitrogen and oxygen atoms in total. The van der Waals surface area contributed by atoms with E-state index in [-0.39, 0.29) is 12.4 Å². The summed E-state index contributed by atoms with van der Waals surface area (Å²) < 4.78 is 4.59. The Morgan fingerprint density at radius 1 is 1.78 bits per heavy atom. The normalized spacial score (nSPS) is 8.00. The molecule has 0 fully saturated rings. The zero-order valence-corrected chi connectivity index (χ0v) is 5.22. The lowest BCUT2D eigenvalue weighted by atomic mass is 10.4. The average molecular weight is 125 g/mol. The van der Waals surface area contributed by atoms with Crippen molar-refractivity contribution in [1.29, 1.82) is 0 Å². The fourth-order valence-corrected chi connectivity index (χ4v) is 0.320. The Morgan fingerprint density at radius 3 is 2.89 bits per heavy atom. The number of carbonyl (C=O) groups is 1. The summed E-state index contributed by atoms with van der Waals surface area (Å²) in [6.07, 6.45) is 5.48. The number of hydrogen-bond acceptors (Lipinski definition) is 2. The van der Waals surface area contributed by atoms with Crippen molar-refractivity contribution in [3.63, 3.8) is 0 Å². The van der Waals surface area contributed by atoms with E-state index in [0.29, 0.717) is 13.0 Å². The van der Waals surface area contributed by atoms with Gasteiger partial charge in [-0.05, 0) is 13.3 Å². The molecule has 2 heteroatoms. The van der Waals surface area contributed by atoms with Crippen molar-refractivity contribution in [2.24, 2.45) is 0 Å². The van der Waals surface area contributed by atoms with Crippen LogP contribution in [0, 0.1) is 19.3 Å². The number of hydrogen-bond donors (Lipinski definition) is 0. The molecule has 1 radical (unpaired) electrons. The first-order valence-electron chi connectivity index (χ1n) is 2.69. The predicted octanol–water partition coefficient (Wildman–Crippen LogP) is 0.777. The molecule has 0 bridgehead atoms. The number of terminal acetylenes is 1. The van der Waals surface area contributed by atoms with Gasteiger partial charge in [-0.3, -0.25) is 4.79 Å². The highest BCUT2D eigenvalue weighted by atomic mass is 16.5. The van der Waals surface area contributed by atoms with Crippen LogP contribution in [0.5, 0.6) is 0 Å². The molecule has 9 heavy (non-hydrogen) atoms. The molecule has 0 amide bonds. The largest absolute Gasteiger partial charge is 0.465 e. The van der Waals surface area contributed by atoms with E-state index < -0.39 is 0 Å². The molecule has 49 valence electrons. The highest BCUT2D eigenvalue weighted by molar-refractivity contribution is 5.72. The van der Waals surface area contributed by atoms with Gasteiger partial charge in [-0.1, -0.05) is 5.92 Å². The maximum absolute atomic E-state index is 10.4. The van der Waals surface area contributed by atoms with Crippen LogP contribution in [0.15, 0.2) is 0 Å². The van der Waals surface area contributed by atoms with E-state index in [1.165, 1.54) is 0 Å². The summed E-state index contributed by atoms with van der Waals surface area (Å²) in [5, 5.41) is 0. The standard InChI is InChI=1S/C7H9O2/c1-3-5-7(8)9-6-4-2/h1H,2,4-6H2. The van der Waals surface area contributed by atoms with Gasteiger partial charge in [0.1, 0.15) is 6.42 Å². The molecule has 0 aromatic rings. The summed E-state index contributed by atoms with van der Waals surface area (Å²) in [4.78, 5) is 10.4. The topological polar surface area (TPSA) is 26.3 Å². The van der Waals surface area contributed by atoms with Crippen molar-refractivity contribution in [3.05, 3.63) is 6.92 Å². The number of rotatable bonds is 3. The van der Waals surface area contributed by atoms with Crippen LogP contribution in [0.25, 0.3) is 0 Å². The van der Waals surface area contributed by atoms with E-state index in [9.17, 15) is 4.79 Å². The van der Waals surface area contributed by atoms with Gasteiger partial charge in [0.05, 0.1) is 6.61 Å². The Labute approximate surface area is 55.2 Å². The third-order valence-corrected chi connectivity index (χ3v) is 0.654. The SMILES string of the molecule is C#CCC(=O)OCC[CH2]. The molecule has 0 saturated heterocycles.